The van der Waals surface area contributed by atoms with Gasteiger partial charge in [0.05, 0.1) is 35.9 Å². The third-order valence-electron chi connectivity index (χ3n) is 5.72. The first-order valence-electron chi connectivity index (χ1n) is 10.8. The first-order chi connectivity index (χ1) is 15.3. The number of nitrogens with zero attached hydrogens (tertiary/aromatic N) is 4. The monoisotopic (exact) mass is 427 g/mol. The number of amides is 1. The molecule has 6 heteroatoms. The Labute approximate surface area is 188 Å². The molecule has 1 N–H and O–H groups in total. The van der Waals surface area contributed by atoms with E-state index in [1.807, 2.05) is 61.3 Å². The van der Waals surface area contributed by atoms with Crippen molar-refractivity contribution in [1.29, 1.82) is 0 Å². The lowest BCUT2D eigenvalue weighted by atomic mass is 10.1. The fraction of sp³-hybridized carbons (Fsp3) is 0.269. The maximum Gasteiger partial charge on any atom is 0.255 e. The molecule has 0 aliphatic rings. The van der Waals surface area contributed by atoms with Gasteiger partial charge in [-0.05, 0) is 63.9 Å². The van der Waals surface area contributed by atoms with Gasteiger partial charge in [-0.3, -0.25) is 14.2 Å². The first-order valence-corrected chi connectivity index (χ1v) is 10.8. The zero-order valence-electron chi connectivity index (χ0n) is 19.3. The number of hydrogen-bond acceptors (Lipinski definition) is 3. The number of aromatic nitrogens is 4. The smallest absolute Gasteiger partial charge is 0.255 e. The molecule has 0 unspecified atom stereocenters. The number of nitrogens with one attached hydrogen (secondary N) is 1. The fourth-order valence-electron chi connectivity index (χ4n) is 3.85. The number of benzene rings is 2. The molecule has 2 heterocycles. The number of carbonyl (C=O) groups is 1. The number of carbonyl (C=O) groups excluding carboxylic acids is 1. The second-order valence-electron chi connectivity index (χ2n) is 8.42. The summed E-state index contributed by atoms with van der Waals surface area (Å²) in [6, 6.07) is 18.2. The van der Waals surface area contributed by atoms with Gasteiger partial charge in [0.25, 0.3) is 5.91 Å². The lowest BCUT2D eigenvalue weighted by molar-refractivity contribution is 0.102. The molecule has 2 aromatic heterocycles. The van der Waals surface area contributed by atoms with Gasteiger partial charge in [0, 0.05) is 11.3 Å². The summed E-state index contributed by atoms with van der Waals surface area (Å²) < 4.78 is 3.91. The molecule has 6 nitrogen and oxygen atoms in total. The van der Waals surface area contributed by atoms with E-state index in [1.165, 1.54) is 11.1 Å². The van der Waals surface area contributed by atoms with Gasteiger partial charge in [-0.2, -0.15) is 10.2 Å². The van der Waals surface area contributed by atoms with Crippen molar-refractivity contribution < 1.29 is 4.79 Å². The van der Waals surface area contributed by atoms with Crippen LogP contribution < -0.4 is 5.32 Å². The maximum atomic E-state index is 12.9. The summed E-state index contributed by atoms with van der Waals surface area (Å²) in [5, 5.41) is 12.2. The van der Waals surface area contributed by atoms with E-state index >= 15 is 0 Å². The summed E-state index contributed by atoms with van der Waals surface area (Å²) in [5.74, 6) is -0.135. The summed E-state index contributed by atoms with van der Waals surface area (Å²) in [6.07, 6.45) is 0. The van der Waals surface area contributed by atoms with Crippen LogP contribution in [0.2, 0.25) is 0 Å². The minimum Gasteiger partial charge on any atom is -0.319 e. The van der Waals surface area contributed by atoms with Crippen LogP contribution in [-0.2, 0) is 13.1 Å². The van der Waals surface area contributed by atoms with E-state index in [4.69, 9.17) is 0 Å². The largest absolute Gasteiger partial charge is 0.319 e. The van der Waals surface area contributed by atoms with Crippen molar-refractivity contribution in [2.45, 2.75) is 47.7 Å². The van der Waals surface area contributed by atoms with E-state index in [0.29, 0.717) is 18.7 Å². The highest BCUT2D eigenvalue weighted by Crippen LogP contribution is 2.22. The molecule has 0 spiro atoms. The zero-order chi connectivity index (χ0) is 22.8. The normalized spacial score (nSPS) is 11.0. The topological polar surface area (TPSA) is 64.7 Å². The number of aryl methyl sites for hydroxylation is 4. The Morgan fingerprint density at radius 1 is 0.812 bits per heavy atom. The van der Waals surface area contributed by atoms with Crippen molar-refractivity contribution in [2.24, 2.45) is 0 Å². The quantitative estimate of drug-likeness (QED) is 0.472. The molecule has 0 aliphatic carbocycles. The third kappa shape index (κ3) is 4.64. The fourth-order valence-corrected chi connectivity index (χ4v) is 3.85. The van der Waals surface area contributed by atoms with E-state index in [9.17, 15) is 4.79 Å². The highest BCUT2D eigenvalue weighted by molar-refractivity contribution is 6.04. The third-order valence-corrected chi connectivity index (χ3v) is 5.72. The average molecular weight is 428 g/mol. The van der Waals surface area contributed by atoms with Crippen molar-refractivity contribution >= 4 is 11.6 Å². The Bertz CT molecular complexity index is 1250. The second kappa shape index (κ2) is 8.83. The Morgan fingerprint density at radius 2 is 1.41 bits per heavy atom. The Hall–Kier alpha value is -3.67. The highest BCUT2D eigenvalue weighted by Gasteiger charge is 2.16. The van der Waals surface area contributed by atoms with E-state index in [0.717, 1.165) is 34.0 Å². The molecule has 0 radical (unpaired) electrons. The van der Waals surface area contributed by atoms with Crippen LogP contribution in [0, 0.1) is 34.6 Å². The van der Waals surface area contributed by atoms with Gasteiger partial charge in [0.1, 0.15) is 0 Å². The Kier molecular flexibility index (Phi) is 5.95. The van der Waals surface area contributed by atoms with Crippen molar-refractivity contribution in [3.8, 4) is 0 Å². The van der Waals surface area contributed by atoms with Gasteiger partial charge in [-0.1, -0.05) is 42.0 Å². The molecule has 0 saturated heterocycles. The van der Waals surface area contributed by atoms with E-state index < -0.39 is 0 Å². The van der Waals surface area contributed by atoms with Crippen LogP contribution in [0.5, 0.6) is 0 Å². The van der Waals surface area contributed by atoms with Crippen LogP contribution >= 0.6 is 0 Å². The predicted octanol–water partition coefficient (Wildman–Crippen LogP) is 4.97. The Balaban J connectivity index is 1.46. The molecule has 32 heavy (non-hydrogen) atoms. The highest BCUT2D eigenvalue weighted by atomic mass is 16.1. The van der Waals surface area contributed by atoms with Crippen LogP contribution in [0.25, 0.3) is 0 Å². The summed E-state index contributed by atoms with van der Waals surface area (Å²) in [6.45, 7) is 11.4. The lowest BCUT2D eigenvalue weighted by Gasteiger charge is -2.09. The molecule has 0 aliphatic heterocycles. The molecular formula is C26H29N5O. The van der Waals surface area contributed by atoms with Gasteiger partial charge in [0.15, 0.2) is 0 Å². The molecule has 4 rings (SSSR count). The molecule has 1 amide bonds. The lowest BCUT2D eigenvalue weighted by Crippen LogP contribution is -2.13. The van der Waals surface area contributed by atoms with E-state index in [1.54, 1.807) is 0 Å². The van der Waals surface area contributed by atoms with Crippen LogP contribution in [0.1, 0.15) is 49.8 Å². The molecule has 0 fully saturated rings. The maximum absolute atomic E-state index is 12.9. The molecule has 0 saturated carbocycles. The van der Waals surface area contributed by atoms with Crippen molar-refractivity contribution in [2.75, 3.05) is 5.32 Å². The Morgan fingerprint density at radius 3 is 2.00 bits per heavy atom. The predicted molar refractivity (Wildman–Crippen MR) is 127 cm³/mol. The summed E-state index contributed by atoms with van der Waals surface area (Å²) in [7, 11) is 0. The number of rotatable bonds is 6. The molecule has 0 bridgehead atoms. The first kappa shape index (κ1) is 21.6. The molecule has 164 valence electrons. The van der Waals surface area contributed by atoms with Gasteiger partial charge in [0.2, 0.25) is 0 Å². The summed E-state index contributed by atoms with van der Waals surface area (Å²) >= 11 is 0. The van der Waals surface area contributed by atoms with Crippen molar-refractivity contribution in [3.63, 3.8) is 0 Å². The number of anilines is 1. The van der Waals surface area contributed by atoms with Gasteiger partial charge in [-0.25, -0.2) is 0 Å². The summed E-state index contributed by atoms with van der Waals surface area (Å²) in [5.41, 5.74) is 8.78. The van der Waals surface area contributed by atoms with Gasteiger partial charge < -0.3 is 5.32 Å². The molecule has 2 aromatic carbocycles. The zero-order valence-corrected chi connectivity index (χ0v) is 19.3. The van der Waals surface area contributed by atoms with Crippen molar-refractivity contribution in [1.82, 2.24) is 19.6 Å². The SMILES string of the molecule is Cc1ccc(Cn2nc(C)c(NC(=O)c3ccc(Cn4nc(C)cc4C)cc3)c2C)cc1. The van der Waals surface area contributed by atoms with Crippen LogP contribution in [-0.4, -0.2) is 25.5 Å². The number of hydrogen-bond donors (Lipinski definition) is 1. The molecule has 0 atom stereocenters. The van der Waals surface area contributed by atoms with Crippen molar-refractivity contribution in [3.05, 3.63) is 99.6 Å². The van der Waals surface area contributed by atoms with Crippen LogP contribution in [0.3, 0.4) is 0 Å². The second-order valence-corrected chi connectivity index (χ2v) is 8.42. The standard InChI is InChI=1S/C26H29N5O/c1-17-6-8-22(9-7-17)16-31-21(5)25(20(4)29-31)27-26(32)24-12-10-23(11-13-24)15-30-19(3)14-18(2)28-30/h6-14H,15-16H2,1-5H3,(H,27,32). The van der Waals surface area contributed by atoms with Gasteiger partial charge in [-0.15, -0.1) is 0 Å². The van der Waals surface area contributed by atoms with Gasteiger partial charge >= 0.3 is 0 Å². The van der Waals surface area contributed by atoms with Crippen LogP contribution in [0.15, 0.2) is 54.6 Å². The minimum atomic E-state index is -0.135. The molecule has 4 aromatic rings. The summed E-state index contributed by atoms with van der Waals surface area (Å²) in [4.78, 5) is 12.9. The molecular weight excluding hydrogens is 398 g/mol. The minimum absolute atomic E-state index is 0.135. The average Bonchev–Trinajstić information content (AvgIpc) is 3.22. The van der Waals surface area contributed by atoms with E-state index in [2.05, 4.69) is 52.8 Å². The van der Waals surface area contributed by atoms with Crippen LogP contribution in [0.4, 0.5) is 5.69 Å². The van der Waals surface area contributed by atoms with E-state index in [-0.39, 0.29) is 5.91 Å².